The van der Waals surface area contributed by atoms with Gasteiger partial charge in [0.2, 0.25) is 0 Å². The van der Waals surface area contributed by atoms with Crippen LogP contribution in [-0.2, 0) is 21.5 Å². The van der Waals surface area contributed by atoms with E-state index in [1.807, 2.05) is 19.1 Å². The van der Waals surface area contributed by atoms with Crippen molar-refractivity contribution in [3.05, 3.63) is 34.4 Å². The van der Waals surface area contributed by atoms with Gasteiger partial charge in [-0.3, -0.25) is 4.79 Å². The Labute approximate surface area is 128 Å². The van der Waals surface area contributed by atoms with Crippen molar-refractivity contribution in [3.63, 3.8) is 0 Å². The highest BCUT2D eigenvalue weighted by atomic mass is 79.9. The number of hydrogen-bond donors (Lipinski definition) is 0. The Kier molecular flexibility index (Phi) is 4.23. The van der Waals surface area contributed by atoms with Crippen LogP contribution in [0.2, 0.25) is 0 Å². The zero-order valence-electron chi connectivity index (χ0n) is 12.4. The summed E-state index contributed by atoms with van der Waals surface area (Å²) in [7, 11) is 0. The van der Waals surface area contributed by atoms with Gasteiger partial charge in [-0.15, -0.1) is 0 Å². The normalized spacial score (nSPS) is 11.8. The van der Waals surface area contributed by atoms with Crippen molar-refractivity contribution >= 4 is 32.8 Å². The van der Waals surface area contributed by atoms with Crippen molar-refractivity contribution in [1.82, 2.24) is 4.57 Å². The molecule has 0 unspecified atom stereocenters. The molecule has 2 rings (SSSR count). The number of esters is 1. The number of carbonyl (C=O) groups excluding carboxylic acids is 1. The van der Waals surface area contributed by atoms with Gasteiger partial charge in [0.15, 0.2) is 0 Å². The van der Waals surface area contributed by atoms with Gasteiger partial charge in [0.1, 0.15) is 0 Å². The number of ether oxygens (including phenoxy) is 1. The van der Waals surface area contributed by atoms with Gasteiger partial charge in [0, 0.05) is 22.0 Å². The van der Waals surface area contributed by atoms with Gasteiger partial charge in [0.05, 0.1) is 17.6 Å². The largest absolute Gasteiger partial charge is 0.466 e. The third kappa shape index (κ3) is 2.75. The summed E-state index contributed by atoms with van der Waals surface area (Å²) in [4.78, 5) is 11.8. The smallest absolute Gasteiger partial charge is 0.310 e. The molecule has 0 spiro atoms. The second kappa shape index (κ2) is 5.60. The summed E-state index contributed by atoms with van der Waals surface area (Å²) >= 11 is 3.67. The zero-order chi connectivity index (χ0) is 14.9. The lowest BCUT2D eigenvalue weighted by Gasteiger charge is -2.24. The Balaban J connectivity index is 2.60. The van der Waals surface area contributed by atoms with Crippen LogP contribution in [0.3, 0.4) is 0 Å². The van der Waals surface area contributed by atoms with Crippen molar-refractivity contribution < 1.29 is 9.53 Å². The minimum atomic E-state index is -0.190. The van der Waals surface area contributed by atoms with Gasteiger partial charge >= 0.3 is 5.97 Å². The molecule has 1 heterocycles. The van der Waals surface area contributed by atoms with Crippen LogP contribution in [0.1, 0.15) is 33.3 Å². The van der Waals surface area contributed by atoms with E-state index in [-0.39, 0.29) is 17.9 Å². The van der Waals surface area contributed by atoms with Crippen LogP contribution in [0.4, 0.5) is 0 Å². The molecule has 0 saturated heterocycles. The summed E-state index contributed by atoms with van der Waals surface area (Å²) < 4.78 is 8.25. The quantitative estimate of drug-likeness (QED) is 0.783. The molecule has 0 saturated carbocycles. The summed E-state index contributed by atoms with van der Waals surface area (Å²) in [5.74, 6) is -0.190. The Morgan fingerprint density at radius 1 is 1.30 bits per heavy atom. The maximum absolute atomic E-state index is 11.8. The van der Waals surface area contributed by atoms with E-state index in [1.165, 1.54) is 0 Å². The average molecular weight is 338 g/mol. The minimum absolute atomic E-state index is 0.0641. The summed E-state index contributed by atoms with van der Waals surface area (Å²) in [6.45, 7) is 8.69. The van der Waals surface area contributed by atoms with Gasteiger partial charge in [-0.05, 0) is 49.7 Å². The first-order chi connectivity index (χ1) is 9.36. The second-order valence-corrected chi connectivity index (χ2v) is 6.53. The monoisotopic (exact) mass is 337 g/mol. The molecule has 0 bridgehead atoms. The lowest BCUT2D eigenvalue weighted by atomic mass is 10.1. The Bertz CT molecular complexity index is 638. The maximum Gasteiger partial charge on any atom is 0.310 e. The first-order valence-corrected chi connectivity index (χ1v) is 7.59. The Morgan fingerprint density at radius 3 is 2.55 bits per heavy atom. The number of halogens is 1. The van der Waals surface area contributed by atoms with Crippen molar-refractivity contribution in [1.29, 1.82) is 0 Å². The molecule has 108 valence electrons. The molecule has 2 aromatic rings. The van der Waals surface area contributed by atoms with Crippen LogP contribution < -0.4 is 0 Å². The number of rotatable bonds is 3. The third-order valence-corrected chi connectivity index (χ3v) is 4.05. The molecular weight excluding hydrogens is 318 g/mol. The zero-order valence-corrected chi connectivity index (χ0v) is 14.0. The second-order valence-electron chi connectivity index (χ2n) is 5.77. The van der Waals surface area contributed by atoms with Crippen LogP contribution in [0.25, 0.3) is 10.9 Å². The molecule has 1 aromatic carbocycles. The molecule has 20 heavy (non-hydrogen) atoms. The topological polar surface area (TPSA) is 31.2 Å². The highest BCUT2D eigenvalue weighted by molar-refractivity contribution is 9.10. The van der Waals surface area contributed by atoms with E-state index in [1.54, 1.807) is 0 Å². The van der Waals surface area contributed by atoms with E-state index in [9.17, 15) is 4.79 Å². The Morgan fingerprint density at radius 2 is 1.95 bits per heavy atom. The van der Waals surface area contributed by atoms with Crippen LogP contribution in [0.5, 0.6) is 0 Å². The molecule has 3 nitrogen and oxygen atoms in total. The summed E-state index contributed by atoms with van der Waals surface area (Å²) in [6, 6.07) is 8.15. The number of nitrogens with zero attached hydrogens (tertiary/aromatic N) is 1. The highest BCUT2D eigenvalue weighted by Gasteiger charge is 2.24. The number of fused-ring (bicyclic) bond motifs is 1. The van der Waals surface area contributed by atoms with E-state index in [0.717, 1.165) is 21.1 Å². The minimum Gasteiger partial charge on any atom is -0.466 e. The standard InChI is InChI=1S/C16H20BrNO2/c1-5-20-14(19)10-12-11-8-6-7-9-13(11)18(15(12)17)16(2,3)4/h6-9H,5,10H2,1-4H3. The van der Waals surface area contributed by atoms with E-state index >= 15 is 0 Å². The van der Waals surface area contributed by atoms with E-state index in [2.05, 4.69) is 53.4 Å². The van der Waals surface area contributed by atoms with Gasteiger partial charge in [-0.2, -0.15) is 0 Å². The highest BCUT2D eigenvalue weighted by Crippen LogP contribution is 2.35. The first-order valence-electron chi connectivity index (χ1n) is 6.80. The summed E-state index contributed by atoms with van der Waals surface area (Å²) in [5, 5.41) is 1.10. The fraction of sp³-hybridized carbons (Fsp3) is 0.438. The first kappa shape index (κ1) is 15.1. The van der Waals surface area contributed by atoms with Gasteiger partial charge in [-0.1, -0.05) is 18.2 Å². The number of benzene rings is 1. The number of hydrogen-bond acceptors (Lipinski definition) is 2. The predicted molar refractivity (Wildman–Crippen MR) is 85.0 cm³/mol. The molecule has 0 aliphatic rings. The predicted octanol–water partition coefficient (Wildman–Crippen LogP) is 4.26. The molecule has 0 atom stereocenters. The van der Waals surface area contributed by atoms with Crippen molar-refractivity contribution in [2.24, 2.45) is 0 Å². The summed E-state index contributed by atoms with van der Waals surface area (Å²) in [5.41, 5.74) is 2.06. The van der Waals surface area contributed by atoms with Crippen LogP contribution in [0.15, 0.2) is 28.9 Å². The lowest BCUT2D eigenvalue weighted by molar-refractivity contribution is -0.142. The van der Waals surface area contributed by atoms with Gasteiger partial charge in [0.25, 0.3) is 0 Å². The van der Waals surface area contributed by atoms with E-state index in [4.69, 9.17) is 4.74 Å². The molecule has 1 aromatic heterocycles. The van der Waals surface area contributed by atoms with Crippen LogP contribution >= 0.6 is 15.9 Å². The summed E-state index contributed by atoms with van der Waals surface area (Å²) in [6.07, 6.45) is 0.290. The SMILES string of the molecule is CCOC(=O)Cc1c(Br)n(C(C)(C)C)c2ccccc12. The fourth-order valence-corrected chi connectivity index (χ4v) is 3.53. The van der Waals surface area contributed by atoms with E-state index in [0.29, 0.717) is 6.61 Å². The van der Waals surface area contributed by atoms with Crippen LogP contribution in [0, 0.1) is 0 Å². The molecule has 0 aliphatic carbocycles. The number of para-hydroxylation sites is 1. The van der Waals surface area contributed by atoms with Crippen LogP contribution in [-0.4, -0.2) is 17.1 Å². The fourth-order valence-electron chi connectivity index (χ4n) is 2.46. The number of carbonyl (C=O) groups is 1. The Hall–Kier alpha value is -1.29. The van der Waals surface area contributed by atoms with Gasteiger partial charge in [-0.25, -0.2) is 0 Å². The number of aromatic nitrogens is 1. The van der Waals surface area contributed by atoms with Crippen molar-refractivity contribution in [2.75, 3.05) is 6.61 Å². The molecule has 0 radical (unpaired) electrons. The third-order valence-electron chi connectivity index (χ3n) is 3.21. The average Bonchev–Trinajstić information content (AvgIpc) is 2.62. The van der Waals surface area contributed by atoms with Crippen molar-refractivity contribution in [2.45, 2.75) is 39.7 Å². The maximum atomic E-state index is 11.8. The molecular formula is C16H20BrNO2. The molecule has 0 amide bonds. The van der Waals surface area contributed by atoms with E-state index < -0.39 is 0 Å². The lowest BCUT2D eigenvalue weighted by Crippen LogP contribution is -2.22. The van der Waals surface area contributed by atoms with Gasteiger partial charge < -0.3 is 9.30 Å². The molecule has 4 heteroatoms. The molecule has 0 N–H and O–H groups in total. The molecule has 0 fully saturated rings. The van der Waals surface area contributed by atoms with Crippen molar-refractivity contribution in [3.8, 4) is 0 Å². The molecule has 0 aliphatic heterocycles.